The Morgan fingerprint density at radius 3 is 2.67 bits per heavy atom. The number of nitrogens with two attached hydrogens (primary N) is 1. The summed E-state index contributed by atoms with van der Waals surface area (Å²) in [7, 11) is 0. The number of rotatable bonds is 2. The Hall–Kier alpha value is -2.56. The highest BCUT2D eigenvalue weighted by Crippen LogP contribution is 2.27. The lowest BCUT2D eigenvalue weighted by Gasteiger charge is -1.97. The molecule has 90 valence electrons. The van der Waals surface area contributed by atoms with Crippen molar-refractivity contribution >= 4 is 5.69 Å². The monoisotopic (exact) mass is 241 g/mol. The van der Waals surface area contributed by atoms with Crippen LogP contribution in [0.25, 0.3) is 22.8 Å². The molecule has 0 aliphatic rings. The number of aryl methyl sites for hydroxylation is 1. The van der Waals surface area contributed by atoms with Gasteiger partial charge in [0, 0.05) is 11.3 Å². The fraction of sp³-hybridized carbons (Fsp3) is 0.0769. The molecule has 3 aromatic rings. The van der Waals surface area contributed by atoms with E-state index in [9.17, 15) is 0 Å². The second-order valence-electron chi connectivity index (χ2n) is 3.90. The maximum absolute atomic E-state index is 5.87. The van der Waals surface area contributed by atoms with Crippen LogP contribution in [0, 0.1) is 6.92 Å². The number of anilines is 1. The molecule has 0 saturated heterocycles. The molecule has 3 rings (SSSR count). The summed E-state index contributed by atoms with van der Waals surface area (Å²) in [6.07, 6.45) is 1.59. The van der Waals surface area contributed by atoms with E-state index >= 15 is 0 Å². The molecule has 0 saturated carbocycles. The number of hydrogen-bond acceptors (Lipinski definition) is 5. The summed E-state index contributed by atoms with van der Waals surface area (Å²) in [4.78, 5) is 4.33. The SMILES string of the molecule is Cc1occc1-c1nc(-c2ccccc2N)no1. The van der Waals surface area contributed by atoms with Gasteiger partial charge in [-0.05, 0) is 25.1 Å². The zero-order chi connectivity index (χ0) is 12.5. The molecule has 0 bridgehead atoms. The molecule has 2 aromatic heterocycles. The second kappa shape index (κ2) is 4.03. The van der Waals surface area contributed by atoms with Gasteiger partial charge in [-0.25, -0.2) is 0 Å². The van der Waals surface area contributed by atoms with Crippen molar-refractivity contribution in [3.63, 3.8) is 0 Å². The maximum atomic E-state index is 5.87. The highest BCUT2D eigenvalue weighted by atomic mass is 16.5. The van der Waals surface area contributed by atoms with Crippen molar-refractivity contribution in [3.8, 4) is 22.8 Å². The van der Waals surface area contributed by atoms with Crippen LogP contribution in [-0.4, -0.2) is 10.1 Å². The third kappa shape index (κ3) is 1.66. The quantitative estimate of drug-likeness (QED) is 0.698. The van der Waals surface area contributed by atoms with Gasteiger partial charge in [0.05, 0.1) is 11.8 Å². The van der Waals surface area contributed by atoms with Crippen molar-refractivity contribution in [2.75, 3.05) is 5.73 Å². The van der Waals surface area contributed by atoms with Gasteiger partial charge in [-0.15, -0.1) is 0 Å². The summed E-state index contributed by atoms with van der Waals surface area (Å²) in [5.41, 5.74) is 8.04. The summed E-state index contributed by atoms with van der Waals surface area (Å²) >= 11 is 0. The number of benzene rings is 1. The third-order valence-electron chi connectivity index (χ3n) is 2.72. The summed E-state index contributed by atoms with van der Waals surface area (Å²) in [5.74, 6) is 1.65. The summed E-state index contributed by atoms with van der Waals surface area (Å²) in [5, 5.41) is 3.94. The van der Waals surface area contributed by atoms with E-state index in [0.717, 1.165) is 16.9 Å². The average molecular weight is 241 g/mol. The number of aromatic nitrogens is 2. The third-order valence-corrected chi connectivity index (χ3v) is 2.72. The molecule has 0 aliphatic carbocycles. The highest BCUT2D eigenvalue weighted by molar-refractivity contribution is 5.72. The van der Waals surface area contributed by atoms with Crippen LogP contribution < -0.4 is 5.73 Å². The van der Waals surface area contributed by atoms with Crippen LogP contribution in [0.15, 0.2) is 45.5 Å². The van der Waals surface area contributed by atoms with E-state index in [4.69, 9.17) is 14.7 Å². The van der Waals surface area contributed by atoms with Crippen LogP contribution in [0.1, 0.15) is 5.76 Å². The lowest BCUT2D eigenvalue weighted by Crippen LogP contribution is -1.90. The van der Waals surface area contributed by atoms with Crippen molar-refractivity contribution in [2.24, 2.45) is 0 Å². The van der Waals surface area contributed by atoms with Crippen LogP contribution in [-0.2, 0) is 0 Å². The first kappa shape index (κ1) is 10.6. The molecule has 2 N–H and O–H groups in total. The number of nitrogens with zero attached hydrogens (tertiary/aromatic N) is 2. The van der Waals surface area contributed by atoms with Gasteiger partial charge in [0.2, 0.25) is 5.82 Å². The first-order chi connectivity index (χ1) is 8.75. The van der Waals surface area contributed by atoms with E-state index in [1.165, 1.54) is 0 Å². The van der Waals surface area contributed by atoms with E-state index < -0.39 is 0 Å². The fourth-order valence-electron chi connectivity index (χ4n) is 1.75. The molecule has 0 fully saturated rings. The Labute approximate surface area is 103 Å². The van der Waals surface area contributed by atoms with E-state index in [0.29, 0.717) is 17.4 Å². The minimum absolute atomic E-state index is 0.430. The van der Waals surface area contributed by atoms with E-state index in [1.807, 2.05) is 25.1 Å². The molecule has 5 heteroatoms. The molecule has 0 atom stereocenters. The van der Waals surface area contributed by atoms with Crippen molar-refractivity contribution < 1.29 is 8.94 Å². The van der Waals surface area contributed by atoms with Crippen molar-refractivity contribution in [3.05, 3.63) is 42.4 Å². The predicted molar refractivity (Wildman–Crippen MR) is 66.6 cm³/mol. The van der Waals surface area contributed by atoms with Crippen LogP contribution in [0.3, 0.4) is 0 Å². The molecule has 5 nitrogen and oxygen atoms in total. The van der Waals surface area contributed by atoms with Crippen LogP contribution >= 0.6 is 0 Å². The van der Waals surface area contributed by atoms with Gasteiger partial charge in [0.15, 0.2) is 0 Å². The standard InChI is InChI=1S/C13H11N3O2/c1-8-9(6-7-17-8)13-15-12(16-18-13)10-4-2-3-5-11(10)14/h2-7H,14H2,1H3. The number of para-hydroxylation sites is 1. The van der Waals surface area contributed by atoms with Gasteiger partial charge >= 0.3 is 0 Å². The molecule has 2 heterocycles. The second-order valence-corrected chi connectivity index (χ2v) is 3.90. The van der Waals surface area contributed by atoms with Gasteiger partial charge < -0.3 is 14.7 Å². The van der Waals surface area contributed by atoms with Crippen molar-refractivity contribution in [2.45, 2.75) is 6.92 Å². The lowest BCUT2D eigenvalue weighted by atomic mass is 10.2. The first-order valence-electron chi connectivity index (χ1n) is 5.49. The molecular weight excluding hydrogens is 230 g/mol. The van der Waals surface area contributed by atoms with Gasteiger partial charge in [-0.2, -0.15) is 4.98 Å². The van der Waals surface area contributed by atoms with Gasteiger partial charge in [0.1, 0.15) is 5.76 Å². The van der Waals surface area contributed by atoms with Crippen LogP contribution in [0.2, 0.25) is 0 Å². The van der Waals surface area contributed by atoms with Crippen LogP contribution in [0.4, 0.5) is 5.69 Å². The number of furan rings is 1. The Bertz CT molecular complexity index is 685. The summed E-state index contributed by atoms with van der Waals surface area (Å²) in [6.45, 7) is 1.84. The Morgan fingerprint density at radius 1 is 1.11 bits per heavy atom. The number of nitrogen functional groups attached to an aromatic ring is 1. The molecule has 1 aromatic carbocycles. The molecule has 0 spiro atoms. The lowest BCUT2D eigenvalue weighted by molar-refractivity contribution is 0.430. The summed E-state index contributed by atoms with van der Waals surface area (Å²) < 4.78 is 10.4. The molecular formula is C13H11N3O2. The van der Waals surface area contributed by atoms with E-state index in [-0.39, 0.29) is 0 Å². The molecule has 0 amide bonds. The summed E-state index contributed by atoms with van der Waals surface area (Å²) in [6, 6.07) is 9.19. The predicted octanol–water partition coefficient (Wildman–Crippen LogP) is 2.89. The minimum Gasteiger partial charge on any atom is -0.469 e. The average Bonchev–Trinajstić information content (AvgIpc) is 2.98. The largest absolute Gasteiger partial charge is 0.469 e. The van der Waals surface area contributed by atoms with Crippen molar-refractivity contribution in [1.82, 2.24) is 10.1 Å². The minimum atomic E-state index is 0.430. The highest BCUT2D eigenvalue weighted by Gasteiger charge is 2.15. The first-order valence-corrected chi connectivity index (χ1v) is 5.49. The Morgan fingerprint density at radius 2 is 1.94 bits per heavy atom. The molecule has 0 unspecified atom stereocenters. The maximum Gasteiger partial charge on any atom is 0.261 e. The van der Waals surface area contributed by atoms with Gasteiger partial charge in [-0.1, -0.05) is 17.3 Å². The Kier molecular flexibility index (Phi) is 2.37. The zero-order valence-electron chi connectivity index (χ0n) is 9.75. The normalized spacial score (nSPS) is 10.7. The van der Waals surface area contributed by atoms with Crippen LogP contribution in [0.5, 0.6) is 0 Å². The molecule has 18 heavy (non-hydrogen) atoms. The smallest absolute Gasteiger partial charge is 0.261 e. The van der Waals surface area contributed by atoms with E-state index in [1.54, 1.807) is 18.4 Å². The van der Waals surface area contributed by atoms with Gasteiger partial charge in [-0.3, -0.25) is 0 Å². The Balaban J connectivity index is 2.05. The zero-order valence-corrected chi connectivity index (χ0v) is 9.75. The van der Waals surface area contributed by atoms with Gasteiger partial charge in [0.25, 0.3) is 5.89 Å². The fourth-order valence-corrected chi connectivity index (χ4v) is 1.75. The molecule has 0 aliphatic heterocycles. The topological polar surface area (TPSA) is 78.1 Å². The van der Waals surface area contributed by atoms with Crippen molar-refractivity contribution in [1.29, 1.82) is 0 Å². The number of hydrogen-bond donors (Lipinski definition) is 1. The molecule has 0 radical (unpaired) electrons. The van der Waals surface area contributed by atoms with E-state index in [2.05, 4.69) is 10.1 Å².